The van der Waals surface area contributed by atoms with Crippen molar-refractivity contribution in [1.82, 2.24) is 15.0 Å². The molecule has 0 aliphatic heterocycles. The van der Waals surface area contributed by atoms with Crippen LogP contribution in [-0.4, -0.2) is 28.2 Å². The Kier molecular flexibility index (Phi) is 8.37. The third-order valence-corrected chi connectivity index (χ3v) is 2.64. The van der Waals surface area contributed by atoms with E-state index in [0.717, 1.165) is 19.3 Å². The number of unbranched alkanes of at least 4 members (excludes halogenated alkanes) is 4. The van der Waals surface area contributed by atoms with Crippen molar-refractivity contribution in [3.63, 3.8) is 0 Å². The first-order valence-corrected chi connectivity index (χ1v) is 7.28. The molecule has 1 aromatic heterocycles. The monoisotopic (exact) mass is 283 g/mol. The molecular formula is C13H25N5O2. The Balaban J connectivity index is 2.42. The standard InChI is InChI=1S/C13H25N5O2/c1-3-5-6-7-8-10-20-13-16-11(18-14)15-12(17-13)19-9-4-2/h3-10,14H2,1-2H3,(H,15,16,17,18). The summed E-state index contributed by atoms with van der Waals surface area (Å²) < 4.78 is 10.9. The van der Waals surface area contributed by atoms with Gasteiger partial charge in [0.1, 0.15) is 0 Å². The molecule has 0 fully saturated rings. The number of nitrogens with zero attached hydrogens (tertiary/aromatic N) is 3. The molecule has 3 N–H and O–H groups in total. The summed E-state index contributed by atoms with van der Waals surface area (Å²) in [5.74, 6) is 5.55. The molecule has 0 amide bonds. The molecule has 20 heavy (non-hydrogen) atoms. The van der Waals surface area contributed by atoms with Gasteiger partial charge in [-0.3, -0.25) is 5.43 Å². The minimum atomic E-state index is 0.232. The molecule has 0 bridgehead atoms. The Morgan fingerprint density at radius 2 is 1.50 bits per heavy atom. The minimum absolute atomic E-state index is 0.232. The summed E-state index contributed by atoms with van der Waals surface area (Å²) in [6.45, 7) is 5.34. The number of nitrogens with two attached hydrogens (primary N) is 1. The molecule has 0 unspecified atom stereocenters. The van der Waals surface area contributed by atoms with E-state index in [0.29, 0.717) is 13.2 Å². The highest BCUT2D eigenvalue weighted by Crippen LogP contribution is 2.13. The zero-order chi connectivity index (χ0) is 14.6. The number of hydrazine groups is 1. The van der Waals surface area contributed by atoms with Crippen LogP contribution in [0.4, 0.5) is 5.95 Å². The topological polar surface area (TPSA) is 95.2 Å². The third kappa shape index (κ3) is 6.51. The van der Waals surface area contributed by atoms with Crippen LogP contribution in [0.5, 0.6) is 12.0 Å². The summed E-state index contributed by atoms with van der Waals surface area (Å²) in [5.41, 5.74) is 2.38. The van der Waals surface area contributed by atoms with Crippen molar-refractivity contribution in [3.05, 3.63) is 0 Å². The number of rotatable bonds is 11. The van der Waals surface area contributed by atoms with Gasteiger partial charge in [0.05, 0.1) is 13.2 Å². The van der Waals surface area contributed by atoms with Gasteiger partial charge in [-0.1, -0.05) is 39.5 Å². The van der Waals surface area contributed by atoms with E-state index in [1.807, 2.05) is 6.92 Å². The lowest BCUT2D eigenvalue weighted by molar-refractivity contribution is 0.257. The molecule has 0 atom stereocenters. The Hall–Kier alpha value is -1.63. The Bertz CT molecular complexity index is 376. The summed E-state index contributed by atoms with van der Waals surface area (Å²) in [5, 5.41) is 0. The first-order chi connectivity index (χ1) is 9.80. The fourth-order valence-corrected chi connectivity index (χ4v) is 1.59. The van der Waals surface area contributed by atoms with Crippen molar-refractivity contribution in [1.29, 1.82) is 0 Å². The van der Waals surface area contributed by atoms with Crippen LogP contribution in [0.25, 0.3) is 0 Å². The molecule has 1 rings (SSSR count). The normalized spacial score (nSPS) is 10.3. The molecule has 0 aliphatic carbocycles. The van der Waals surface area contributed by atoms with Gasteiger partial charge in [0.25, 0.3) is 0 Å². The molecule has 0 spiro atoms. The number of nitrogens with one attached hydrogen (secondary N) is 1. The van der Waals surface area contributed by atoms with Gasteiger partial charge < -0.3 is 9.47 Å². The predicted molar refractivity (Wildman–Crippen MR) is 77.7 cm³/mol. The van der Waals surface area contributed by atoms with Crippen LogP contribution in [-0.2, 0) is 0 Å². The summed E-state index contributed by atoms with van der Waals surface area (Å²) in [4.78, 5) is 12.1. The van der Waals surface area contributed by atoms with Crippen LogP contribution in [0.3, 0.4) is 0 Å². The van der Waals surface area contributed by atoms with Crippen molar-refractivity contribution in [3.8, 4) is 12.0 Å². The lowest BCUT2D eigenvalue weighted by Crippen LogP contribution is -2.14. The van der Waals surface area contributed by atoms with Crippen LogP contribution in [0, 0.1) is 0 Å². The quantitative estimate of drug-likeness (QED) is 0.365. The van der Waals surface area contributed by atoms with Crippen LogP contribution in [0.1, 0.15) is 52.4 Å². The Morgan fingerprint density at radius 1 is 0.850 bits per heavy atom. The van der Waals surface area contributed by atoms with Crippen molar-refractivity contribution in [2.75, 3.05) is 18.6 Å². The van der Waals surface area contributed by atoms with Crippen LogP contribution < -0.4 is 20.7 Å². The van der Waals surface area contributed by atoms with Crippen LogP contribution in [0.2, 0.25) is 0 Å². The van der Waals surface area contributed by atoms with Crippen molar-refractivity contribution < 1.29 is 9.47 Å². The lowest BCUT2D eigenvalue weighted by atomic mass is 10.2. The van der Waals surface area contributed by atoms with E-state index in [9.17, 15) is 0 Å². The summed E-state index contributed by atoms with van der Waals surface area (Å²) in [7, 11) is 0. The van der Waals surface area contributed by atoms with E-state index < -0.39 is 0 Å². The molecule has 7 heteroatoms. The molecule has 0 aliphatic rings. The van der Waals surface area contributed by atoms with Crippen molar-refractivity contribution in [2.45, 2.75) is 52.4 Å². The van der Waals surface area contributed by atoms with Gasteiger partial charge in [-0.05, 0) is 12.8 Å². The van der Waals surface area contributed by atoms with Crippen LogP contribution >= 0.6 is 0 Å². The maximum Gasteiger partial charge on any atom is 0.324 e. The Morgan fingerprint density at radius 3 is 2.10 bits per heavy atom. The summed E-state index contributed by atoms with van der Waals surface area (Å²) in [6, 6.07) is 0.477. The number of hydrogen-bond acceptors (Lipinski definition) is 7. The number of ether oxygens (including phenoxy) is 2. The number of aromatic nitrogens is 3. The molecule has 114 valence electrons. The highest BCUT2D eigenvalue weighted by atomic mass is 16.5. The third-order valence-electron chi connectivity index (χ3n) is 2.64. The lowest BCUT2D eigenvalue weighted by Gasteiger charge is -2.08. The van der Waals surface area contributed by atoms with Gasteiger partial charge in [0.2, 0.25) is 5.95 Å². The summed E-state index contributed by atoms with van der Waals surface area (Å²) >= 11 is 0. The van der Waals surface area contributed by atoms with E-state index in [4.69, 9.17) is 15.3 Å². The molecule has 1 heterocycles. The number of hydrogen-bond donors (Lipinski definition) is 2. The highest BCUT2D eigenvalue weighted by Gasteiger charge is 2.07. The van der Waals surface area contributed by atoms with Gasteiger partial charge in [-0.2, -0.15) is 9.97 Å². The smallest absolute Gasteiger partial charge is 0.324 e. The maximum atomic E-state index is 5.51. The SMILES string of the molecule is CCCCCCCOc1nc(NN)nc(OCCC)n1. The van der Waals surface area contributed by atoms with Gasteiger partial charge in [0, 0.05) is 0 Å². The predicted octanol–water partition coefficient (Wildman–Crippen LogP) is 2.30. The molecule has 0 saturated heterocycles. The molecule has 0 radical (unpaired) electrons. The van der Waals surface area contributed by atoms with E-state index in [1.54, 1.807) is 0 Å². The van der Waals surface area contributed by atoms with E-state index in [-0.39, 0.29) is 18.0 Å². The van der Waals surface area contributed by atoms with Gasteiger partial charge in [-0.25, -0.2) is 5.84 Å². The Labute approximate surface area is 120 Å². The second-order valence-corrected chi connectivity index (χ2v) is 4.48. The first-order valence-electron chi connectivity index (χ1n) is 7.28. The maximum absolute atomic E-state index is 5.51. The zero-order valence-corrected chi connectivity index (χ0v) is 12.4. The first kappa shape index (κ1) is 16.4. The fourth-order valence-electron chi connectivity index (χ4n) is 1.59. The summed E-state index contributed by atoms with van der Waals surface area (Å²) in [6.07, 6.45) is 6.75. The number of anilines is 1. The molecule has 0 aromatic carbocycles. The largest absolute Gasteiger partial charge is 0.463 e. The van der Waals surface area contributed by atoms with Crippen molar-refractivity contribution in [2.24, 2.45) is 5.84 Å². The molecule has 7 nitrogen and oxygen atoms in total. The number of nitrogen functional groups attached to an aromatic ring is 1. The van der Waals surface area contributed by atoms with Gasteiger partial charge >= 0.3 is 12.0 Å². The van der Waals surface area contributed by atoms with E-state index >= 15 is 0 Å². The average molecular weight is 283 g/mol. The fraction of sp³-hybridized carbons (Fsp3) is 0.769. The second-order valence-electron chi connectivity index (χ2n) is 4.48. The van der Waals surface area contributed by atoms with Crippen molar-refractivity contribution >= 4 is 5.95 Å². The average Bonchev–Trinajstić information content (AvgIpc) is 2.48. The van der Waals surface area contributed by atoms with E-state index in [2.05, 4.69) is 27.3 Å². The van der Waals surface area contributed by atoms with Gasteiger partial charge in [-0.15, -0.1) is 4.98 Å². The van der Waals surface area contributed by atoms with E-state index in [1.165, 1.54) is 19.3 Å². The van der Waals surface area contributed by atoms with Crippen LogP contribution in [0.15, 0.2) is 0 Å². The second kappa shape index (κ2) is 10.2. The highest BCUT2D eigenvalue weighted by molar-refractivity contribution is 5.25. The molecule has 1 aromatic rings. The molecule has 0 saturated carbocycles. The minimum Gasteiger partial charge on any atom is -0.463 e. The zero-order valence-electron chi connectivity index (χ0n) is 12.4. The van der Waals surface area contributed by atoms with Gasteiger partial charge in [0.15, 0.2) is 0 Å². The molecular weight excluding hydrogens is 258 g/mol.